The number of nitrogens with two attached hydrogens (primary N) is 1. The molecule has 19 heteroatoms. The van der Waals surface area contributed by atoms with Crippen molar-refractivity contribution in [3.8, 4) is 5.75 Å². The van der Waals surface area contributed by atoms with Crippen LogP contribution in [0.5, 0.6) is 5.75 Å². The predicted octanol–water partition coefficient (Wildman–Crippen LogP) is 4.08. The average molecular weight is 758 g/mol. The number of amides is 1. The van der Waals surface area contributed by atoms with Gasteiger partial charge in [0.1, 0.15) is 17.1 Å². The number of carbonyl (C=O) groups excluding carboxylic acids is 3. The number of aliphatic hydroxyl groups is 3. The minimum atomic E-state index is -5.08. The van der Waals surface area contributed by atoms with Crippen LogP contribution in [0.15, 0.2) is 46.9 Å². The monoisotopic (exact) mass is 757 g/mol. The maximum absolute atomic E-state index is 14.2. The molecule has 0 unspecified atom stereocenters. The van der Waals surface area contributed by atoms with Crippen LogP contribution in [0, 0.1) is 11.8 Å². The summed E-state index contributed by atoms with van der Waals surface area (Å²) in [5, 5.41) is 50.8. The van der Waals surface area contributed by atoms with Gasteiger partial charge in [0.2, 0.25) is 5.78 Å². The van der Waals surface area contributed by atoms with Crippen LogP contribution >= 0.6 is 12.2 Å². The first-order valence-corrected chi connectivity index (χ1v) is 15.9. The molecule has 0 saturated heterocycles. The third-order valence-electron chi connectivity index (χ3n) is 9.50. The summed E-state index contributed by atoms with van der Waals surface area (Å²) in [5.74, 6) is -8.32. The summed E-state index contributed by atoms with van der Waals surface area (Å²) in [7, 11) is 6.24. The zero-order valence-corrected chi connectivity index (χ0v) is 28.6. The van der Waals surface area contributed by atoms with E-state index in [-0.39, 0.29) is 35.1 Å². The SMILES string of the molecule is CN(C)c1cc(NC(=S)CNc2cc(C(F)(F)F)cc(C(F)(F)F)c2)c(O)c2c1C[C@H]1C[C@H]3[C@H](N(C)C)C(O)=C(C(N)=O)C(=O)[C@@]3(O)C(O)=C1C2=O. The summed E-state index contributed by atoms with van der Waals surface area (Å²) in [6, 6.07) is 1.14. The lowest BCUT2D eigenvalue weighted by Crippen LogP contribution is -2.63. The topological polar surface area (TPSA) is 189 Å². The van der Waals surface area contributed by atoms with Gasteiger partial charge in [-0.1, -0.05) is 12.2 Å². The number of halogens is 6. The van der Waals surface area contributed by atoms with Crippen molar-refractivity contribution < 1.29 is 61.2 Å². The second-order valence-electron chi connectivity index (χ2n) is 13.2. The van der Waals surface area contributed by atoms with Crippen molar-refractivity contribution in [2.45, 2.75) is 36.8 Å². The number of primary amides is 1. The van der Waals surface area contributed by atoms with Crippen molar-refractivity contribution in [2.24, 2.45) is 17.6 Å². The molecule has 8 N–H and O–H groups in total. The number of alkyl halides is 6. The van der Waals surface area contributed by atoms with E-state index >= 15 is 0 Å². The third-order valence-corrected chi connectivity index (χ3v) is 9.74. The fraction of sp³-hybridized carbons (Fsp3) is 0.394. The van der Waals surface area contributed by atoms with E-state index in [1.807, 2.05) is 0 Å². The Balaban J connectivity index is 1.52. The highest BCUT2D eigenvalue weighted by molar-refractivity contribution is 7.80. The van der Waals surface area contributed by atoms with Crippen molar-refractivity contribution in [1.82, 2.24) is 4.90 Å². The number of allylic oxidation sites excluding steroid dienone is 1. The Morgan fingerprint density at radius 3 is 2.08 bits per heavy atom. The lowest BCUT2D eigenvalue weighted by Gasteiger charge is -2.50. The number of anilines is 3. The molecular weight excluding hydrogens is 724 g/mol. The number of benzene rings is 2. The first-order valence-electron chi connectivity index (χ1n) is 15.4. The lowest BCUT2D eigenvalue weighted by atomic mass is 9.58. The maximum Gasteiger partial charge on any atom is 0.416 e. The van der Waals surface area contributed by atoms with Gasteiger partial charge in [0, 0.05) is 37.0 Å². The number of nitrogens with zero attached hydrogens (tertiary/aromatic N) is 2. The molecule has 0 bridgehead atoms. The number of Topliss-reactive ketones (excluding diaryl/α,β-unsaturated/α-hetero) is 2. The molecule has 1 amide bonds. The molecule has 0 fully saturated rings. The van der Waals surface area contributed by atoms with Crippen molar-refractivity contribution in [2.75, 3.05) is 50.3 Å². The van der Waals surface area contributed by atoms with Gasteiger partial charge in [-0.2, -0.15) is 26.3 Å². The van der Waals surface area contributed by atoms with Crippen LogP contribution in [0.4, 0.5) is 43.4 Å². The number of aliphatic hydroxyl groups excluding tert-OH is 2. The molecule has 280 valence electrons. The number of thiocarbonyl (C=S) groups is 1. The number of carbonyl (C=O) groups is 3. The largest absolute Gasteiger partial charge is 0.510 e. The molecule has 0 aliphatic heterocycles. The molecule has 0 spiro atoms. The average Bonchev–Trinajstić information content (AvgIpc) is 3.01. The smallest absolute Gasteiger partial charge is 0.416 e. The van der Waals surface area contributed by atoms with E-state index in [0.717, 1.165) is 0 Å². The first kappa shape index (κ1) is 38.4. The number of hydrogen-bond donors (Lipinski definition) is 7. The summed E-state index contributed by atoms with van der Waals surface area (Å²) >= 11 is 5.26. The van der Waals surface area contributed by atoms with Gasteiger partial charge in [0.15, 0.2) is 17.1 Å². The molecular formula is C33H33F6N5O7S. The number of aromatic hydroxyl groups is 1. The van der Waals surface area contributed by atoms with Crippen LogP contribution < -0.4 is 21.3 Å². The first-order chi connectivity index (χ1) is 23.9. The number of hydrogen-bond acceptors (Lipinski definition) is 11. The van der Waals surface area contributed by atoms with Crippen LogP contribution in [0.3, 0.4) is 0 Å². The van der Waals surface area contributed by atoms with Gasteiger partial charge in [-0.05, 0) is 62.7 Å². The quantitative estimate of drug-likeness (QED) is 0.0930. The number of fused-ring (bicyclic) bond motifs is 3. The van der Waals surface area contributed by atoms with Crippen molar-refractivity contribution >= 4 is 51.7 Å². The molecule has 2 aromatic carbocycles. The molecule has 0 saturated carbocycles. The number of phenols is 1. The van der Waals surface area contributed by atoms with Crippen LogP contribution in [0.1, 0.15) is 33.5 Å². The van der Waals surface area contributed by atoms with E-state index in [1.54, 1.807) is 19.0 Å². The van der Waals surface area contributed by atoms with Crippen molar-refractivity contribution in [1.29, 1.82) is 0 Å². The Bertz CT molecular complexity index is 1940. The molecule has 5 rings (SSSR count). The number of ketones is 2. The zero-order chi connectivity index (χ0) is 39.0. The molecule has 3 aliphatic rings. The number of rotatable bonds is 7. The fourth-order valence-corrected chi connectivity index (χ4v) is 7.41. The third kappa shape index (κ3) is 6.29. The summed E-state index contributed by atoms with van der Waals surface area (Å²) < 4.78 is 80.0. The molecule has 0 aromatic heterocycles. The highest BCUT2D eigenvalue weighted by Gasteiger charge is 2.63. The Kier molecular flexibility index (Phi) is 9.56. The summed E-state index contributed by atoms with van der Waals surface area (Å²) in [6.45, 7) is -0.518. The molecule has 2 aromatic rings. The number of nitrogens with one attached hydrogen (secondary N) is 2. The van der Waals surface area contributed by atoms with Crippen molar-refractivity contribution in [3.63, 3.8) is 0 Å². The van der Waals surface area contributed by atoms with Crippen LogP contribution in [0.2, 0.25) is 0 Å². The van der Waals surface area contributed by atoms with E-state index in [0.29, 0.717) is 23.4 Å². The minimum absolute atomic E-state index is 0.0149. The van der Waals surface area contributed by atoms with Crippen LogP contribution in [-0.4, -0.2) is 94.2 Å². The molecule has 3 aliphatic carbocycles. The van der Waals surface area contributed by atoms with Gasteiger partial charge in [0.05, 0.1) is 40.0 Å². The summed E-state index contributed by atoms with van der Waals surface area (Å²) in [5.41, 5.74) is -2.39. The minimum Gasteiger partial charge on any atom is -0.510 e. The lowest BCUT2D eigenvalue weighted by molar-refractivity contribution is -0.148. The van der Waals surface area contributed by atoms with E-state index in [4.69, 9.17) is 18.0 Å². The molecule has 4 atom stereocenters. The Morgan fingerprint density at radius 2 is 1.58 bits per heavy atom. The zero-order valence-electron chi connectivity index (χ0n) is 27.8. The van der Waals surface area contributed by atoms with Gasteiger partial charge in [-0.3, -0.25) is 19.3 Å². The fourth-order valence-electron chi connectivity index (χ4n) is 7.23. The highest BCUT2D eigenvalue weighted by Crippen LogP contribution is 2.54. The van der Waals surface area contributed by atoms with Gasteiger partial charge >= 0.3 is 12.4 Å². The summed E-state index contributed by atoms with van der Waals surface area (Å²) in [4.78, 5) is 42.8. The van der Waals surface area contributed by atoms with Gasteiger partial charge in [-0.15, -0.1) is 0 Å². The predicted molar refractivity (Wildman–Crippen MR) is 179 cm³/mol. The number of phenolic OH excluding ortho intramolecular Hbond substituents is 1. The second kappa shape index (κ2) is 13.0. The Labute approximate surface area is 297 Å². The highest BCUT2D eigenvalue weighted by atomic mass is 32.1. The van der Waals surface area contributed by atoms with Gasteiger partial charge < -0.3 is 41.7 Å². The van der Waals surface area contributed by atoms with E-state index in [9.17, 15) is 61.2 Å². The van der Waals surface area contributed by atoms with Crippen LogP contribution in [-0.2, 0) is 28.4 Å². The molecule has 52 heavy (non-hydrogen) atoms. The van der Waals surface area contributed by atoms with Gasteiger partial charge in [0.25, 0.3) is 5.91 Å². The normalized spacial score (nSPS) is 23.3. The van der Waals surface area contributed by atoms with Crippen molar-refractivity contribution in [3.05, 3.63) is 69.2 Å². The van der Waals surface area contributed by atoms with E-state index in [2.05, 4.69) is 10.6 Å². The van der Waals surface area contributed by atoms with E-state index < -0.39 is 105 Å². The number of likely N-dealkylation sites (N-methyl/N-ethyl adjacent to an activating group) is 1. The maximum atomic E-state index is 14.2. The van der Waals surface area contributed by atoms with Gasteiger partial charge in [-0.25, -0.2) is 0 Å². The molecule has 0 radical (unpaired) electrons. The van der Waals surface area contributed by atoms with E-state index in [1.165, 1.54) is 25.1 Å². The van der Waals surface area contributed by atoms with Crippen LogP contribution in [0.25, 0.3) is 0 Å². The Hall–Kier alpha value is -4.88. The Morgan fingerprint density at radius 1 is 1.00 bits per heavy atom. The molecule has 12 nitrogen and oxygen atoms in total. The molecule has 0 heterocycles. The second-order valence-corrected chi connectivity index (χ2v) is 13.7. The summed E-state index contributed by atoms with van der Waals surface area (Å²) in [6.07, 6.45) is -10.3. The standard InChI is InChI=1S/C33H33F6N5O7S/c1-43(2)19-10-18(42-20(52)11-41-15-8-13(32(34,35)36)7-14(9-15)33(37,38)39)25(45)22-16(19)5-12-6-17-24(44(3)4)27(47)23(30(40)50)29(49)31(17,51)28(48)21(12)26(22)46/h7-10,12,17,24,41,45,47-48,51H,5-6,11H2,1-4H3,(H2,40,50)(H,42,52)/t12-,17-,24-,31-/m0/s1.